The van der Waals surface area contributed by atoms with Crippen LogP contribution in [0.25, 0.3) is 0 Å². The predicted octanol–water partition coefficient (Wildman–Crippen LogP) is 2.28. The van der Waals surface area contributed by atoms with Gasteiger partial charge in [0.25, 0.3) is 5.91 Å². The van der Waals surface area contributed by atoms with Gasteiger partial charge in [0.2, 0.25) is 0 Å². The van der Waals surface area contributed by atoms with E-state index in [0.717, 1.165) is 18.5 Å². The van der Waals surface area contributed by atoms with Crippen molar-refractivity contribution in [3.63, 3.8) is 0 Å². The lowest BCUT2D eigenvalue weighted by atomic mass is 10.2. The molecule has 6 nitrogen and oxygen atoms in total. The van der Waals surface area contributed by atoms with Gasteiger partial charge >= 0.3 is 0 Å². The lowest BCUT2D eigenvalue weighted by Crippen LogP contribution is -2.15. The van der Waals surface area contributed by atoms with Gasteiger partial charge in [0.05, 0.1) is 15.9 Å². The topological polar surface area (TPSA) is 96.7 Å². The Morgan fingerprint density at radius 2 is 2.32 bits per heavy atom. The minimum atomic E-state index is -0.361. The summed E-state index contributed by atoms with van der Waals surface area (Å²) in [6.45, 7) is 0. The highest BCUT2D eigenvalue weighted by Gasteiger charge is 2.30. The Balaban J connectivity index is 1.82. The van der Waals surface area contributed by atoms with Crippen molar-refractivity contribution in [1.82, 2.24) is 15.2 Å². The van der Waals surface area contributed by atoms with Gasteiger partial charge in [-0.15, -0.1) is 0 Å². The second-order valence-corrected chi connectivity index (χ2v) is 5.32. The van der Waals surface area contributed by atoms with Crippen LogP contribution in [0.2, 0.25) is 0 Å². The number of nitrogen functional groups attached to an aromatic ring is 1. The summed E-state index contributed by atoms with van der Waals surface area (Å²) >= 11 is 3.32. The highest BCUT2D eigenvalue weighted by Crippen LogP contribution is 2.42. The molecule has 2 aromatic heterocycles. The van der Waals surface area contributed by atoms with Crippen molar-refractivity contribution < 1.29 is 4.79 Å². The number of aromatic amines is 1. The van der Waals surface area contributed by atoms with Gasteiger partial charge < -0.3 is 11.1 Å². The monoisotopic (exact) mass is 321 g/mol. The summed E-state index contributed by atoms with van der Waals surface area (Å²) in [5.41, 5.74) is 7.47. The van der Waals surface area contributed by atoms with Crippen molar-refractivity contribution in [3.05, 3.63) is 34.2 Å². The third-order valence-electron chi connectivity index (χ3n) is 3.02. The fraction of sp³-hybridized carbons (Fsp3) is 0.250. The quantitative estimate of drug-likeness (QED) is 0.807. The summed E-state index contributed by atoms with van der Waals surface area (Å²) in [4.78, 5) is 16.2. The molecule has 19 heavy (non-hydrogen) atoms. The highest BCUT2D eigenvalue weighted by atomic mass is 79.9. The number of anilines is 2. The maximum atomic E-state index is 12.1. The first kappa shape index (κ1) is 12.2. The van der Waals surface area contributed by atoms with Gasteiger partial charge in [-0.05, 0) is 40.9 Å². The number of rotatable bonds is 3. The Labute approximate surface area is 117 Å². The SMILES string of the molecule is Nc1c(C(=O)Nc2ncccc2Br)n[nH]c1C1CC1. The molecule has 1 aliphatic carbocycles. The number of aromatic nitrogens is 3. The smallest absolute Gasteiger partial charge is 0.279 e. The number of carbonyl (C=O) groups is 1. The fourth-order valence-corrected chi connectivity index (χ4v) is 2.22. The summed E-state index contributed by atoms with van der Waals surface area (Å²) in [5, 5.41) is 9.53. The lowest BCUT2D eigenvalue weighted by molar-refractivity contribution is 0.102. The Hall–Kier alpha value is -1.89. The molecule has 0 aliphatic heterocycles. The first-order valence-electron chi connectivity index (χ1n) is 5.92. The fourth-order valence-electron chi connectivity index (χ4n) is 1.86. The molecule has 0 atom stereocenters. The number of hydrogen-bond donors (Lipinski definition) is 3. The van der Waals surface area contributed by atoms with E-state index in [-0.39, 0.29) is 11.6 Å². The van der Waals surface area contributed by atoms with E-state index in [2.05, 4.69) is 36.4 Å². The molecular weight excluding hydrogens is 310 g/mol. The van der Waals surface area contributed by atoms with E-state index in [1.165, 1.54) is 0 Å². The predicted molar refractivity (Wildman–Crippen MR) is 74.9 cm³/mol. The van der Waals surface area contributed by atoms with E-state index in [0.29, 0.717) is 21.9 Å². The van der Waals surface area contributed by atoms with Crippen molar-refractivity contribution >= 4 is 33.3 Å². The molecule has 0 unspecified atom stereocenters. The largest absolute Gasteiger partial charge is 0.395 e. The molecular formula is C12H12BrN5O. The molecule has 1 amide bonds. The average molecular weight is 322 g/mol. The summed E-state index contributed by atoms with van der Waals surface area (Å²) in [7, 11) is 0. The zero-order chi connectivity index (χ0) is 13.4. The van der Waals surface area contributed by atoms with Crippen LogP contribution in [0.4, 0.5) is 11.5 Å². The number of nitrogens with two attached hydrogens (primary N) is 1. The molecule has 2 heterocycles. The van der Waals surface area contributed by atoms with E-state index in [4.69, 9.17) is 5.73 Å². The average Bonchev–Trinajstić information content (AvgIpc) is 3.15. The Morgan fingerprint density at radius 3 is 3.00 bits per heavy atom. The number of carbonyl (C=O) groups excluding carboxylic acids is 1. The van der Waals surface area contributed by atoms with Crippen LogP contribution in [-0.2, 0) is 0 Å². The van der Waals surface area contributed by atoms with Crippen LogP contribution in [0.5, 0.6) is 0 Å². The van der Waals surface area contributed by atoms with E-state index >= 15 is 0 Å². The normalized spacial score (nSPS) is 14.4. The highest BCUT2D eigenvalue weighted by molar-refractivity contribution is 9.10. The number of pyridine rings is 1. The molecule has 0 bridgehead atoms. The van der Waals surface area contributed by atoms with E-state index in [1.54, 1.807) is 18.3 Å². The number of nitrogens with one attached hydrogen (secondary N) is 2. The van der Waals surface area contributed by atoms with E-state index < -0.39 is 0 Å². The summed E-state index contributed by atoms with van der Waals surface area (Å²) in [6.07, 6.45) is 3.79. The Morgan fingerprint density at radius 1 is 1.53 bits per heavy atom. The Kier molecular flexibility index (Phi) is 2.98. The van der Waals surface area contributed by atoms with Crippen LogP contribution in [0.3, 0.4) is 0 Å². The lowest BCUT2D eigenvalue weighted by Gasteiger charge is -2.04. The molecule has 1 saturated carbocycles. The molecule has 0 spiro atoms. The van der Waals surface area contributed by atoms with Crippen molar-refractivity contribution in [2.75, 3.05) is 11.1 Å². The van der Waals surface area contributed by atoms with Gasteiger partial charge in [0.15, 0.2) is 5.69 Å². The minimum absolute atomic E-state index is 0.222. The molecule has 3 rings (SSSR count). The molecule has 98 valence electrons. The molecule has 2 aromatic rings. The van der Waals surface area contributed by atoms with Crippen molar-refractivity contribution in [2.24, 2.45) is 0 Å². The standard InChI is InChI=1S/C12H12BrN5O/c13-7-2-1-5-15-11(7)16-12(19)10-8(14)9(17-18-10)6-3-4-6/h1-2,5-6H,3-4,14H2,(H,17,18)(H,15,16,19). The summed E-state index contributed by atoms with van der Waals surface area (Å²) in [5.74, 6) is 0.513. The number of nitrogens with zero attached hydrogens (tertiary/aromatic N) is 2. The zero-order valence-electron chi connectivity index (χ0n) is 9.98. The minimum Gasteiger partial charge on any atom is -0.395 e. The molecule has 0 aromatic carbocycles. The molecule has 1 fully saturated rings. The molecule has 7 heteroatoms. The second-order valence-electron chi connectivity index (χ2n) is 4.46. The number of H-pyrrole nitrogens is 1. The van der Waals surface area contributed by atoms with E-state index in [1.807, 2.05) is 0 Å². The molecule has 0 radical (unpaired) electrons. The van der Waals surface area contributed by atoms with Gasteiger partial charge in [0, 0.05) is 12.1 Å². The van der Waals surface area contributed by atoms with Crippen LogP contribution < -0.4 is 11.1 Å². The first-order valence-corrected chi connectivity index (χ1v) is 6.71. The number of hydrogen-bond acceptors (Lipinski definition) is 4. The zero-order valence-corrected chi connectivity index (χ0v) is 11.6. The molecule has 0 saturated heterocycles. The van der Waals surface area contributed by atoms with Gasteiger partial charge in [-0.25, -0.2) is 4.98 Å². The van der Waals surface area contributed by atoms with Crippen molar-refractivity contribution in [1.29, 1.82) is 0 Å². The van der Waals surface area contributed by atoms with Gasteiger partial charge in [-0.1, -0.05) is 0 Å². The van der Waals surface area contributed by atoms with Crippen LogP contribution in [0.15, 0.2) is 22.8 Å². The van der Waals surface area contributed by atoms with Crippen molar-refractivity contribution in [2.45, 2.75) is 18.8 Å². The number of amides is 1. The summed E-state index contributed by atoms with van der Waals surface area (Å²) in [6, 6.07) is 3.57. The van der Waals surface area contributed by atoms with Crippen LogP contribution in [0, 0.1) is 0 Å². The maximum absolute atomic E-state index is 12.1. The second kappa shape index (κ2) is 4.65. The summed E-state index contributed by atoms with van der Waals surface area (Å²) < 4.78 is 0.708. The molecule has 1 aliphatic rings. The van der Waals surface area contributed by atoms with Gasteiger partial charge in [-0.2, -0.15) is 5.10 Å². The van der Waals surface area contributed by atoms with Gasteiger partial charge in [-0.3, -0.25) is 9.89 Å². The first-order chi connectivity index (χ1) is 9.16. The van der Waals surface area contributed by atoms with Crippen LogP contribution in [-0.4, -0.2) is 21.1 Å². The third-order valence-corrected chi connectivity index (χ3v) is 3.66. The van der Waals surface area contributed by atoms with Crippen LogP contribution in [0.1, 0.15) is 34.9 Å². The van der Waals surface area contributed by atoms with Gasteiger partial charge in [0.1, 0.15) is 5.82 Å². The van der Waals surface area contributed by atoms with E-state index in [9.17, 15) is 4.79 Å². The third kappa shape index (κ3) is 2.33. The van der Waals surface area contributed by atoms with Crippen molar-refractivity contribution in [3.8, 4) is 0 Å². The van der Waals surface area contributed by atoms with Crippen LogP contribution >= 0.6 is 15.9 Å². The molecule has 4 N–H and O–H groups in total. The Bertz CT molecular complexity index is 635. The maximum Gasteiger partial charge on any atom is 0.279 e. The number of halogens is 1.